The Hall–Kier alpha value is -0.860. The maximum absolute atomic E-state index is 4.18. The Kier molecular flexibility index (Phi) is 2.04. The van der Waals surface area contributed by atoms with E-state index in [9.17, 15) is 0 Å². The van der Waals surface area contributed by atoms with Gasteiger partial charge in [-0.15, -0.1) is 0 Å². The standard InChI is InChI=1S/C7H13N3/c1-5(2)4-7-8-6(3)9-10-7/h5H,4H2,1-3H3,(H,8,9,10). The van der Waals surface area contributed by atoms with Crippen molar-refractivity contribution in [1.82, 2.24) is 15.2 Å². The number of aromatic amines is 1. The van der Waals surface area contributed by atoms with Gasteiger partial charge in [-0.25, -0.2) is 4.98 Å². The summed E-state index contributed by atoms with van der Waals surface area (Å²) in [5.74, 6) is 2.47. The Morgan fingerprint density at radius 2 is 2.20 bits per heavy atom. The second-order valence-corrected chi connectivity index (χ2v) is 2.93. The fourth-order valence-corrected chi connectivity index (χ4v) is 0.869. The minimum atomic E-state index is 0.646. The second-order valence-electron chi connectivity index (χ2n) is 2.93. The van der Waals surface area contributed by atoms with Crippen LogP contribution < -0.4 is 0 Å². The minimum Gasteiger partial charge on any atom is -0.263 e. The van der Waals surface area contributed by atoms with Crippen molar-refractivity contribution >= 4 is 0 Å². The molecule has 3 heteroatoms. The lowest BCUT2D eigenvalue weighted by Gasteiger charge is -1.97. The van der Waals surface area contributed by atoms with Crippen LogP contribution in [0.5, 0.6) is 0 Å². The molecule has 0 amide bonds. The first-order valence-electron chi connectivity index (χ1n) is 3.56. The van der Waals surface area contributed by atoms with Crippen LogP contribution in [0.1, 0.15) is 25.5 Å². The third-order valence-electron chi connectivity index (χ3n) is 1.25. The summed E-state index contributed by atoms with van der Waals surface area (Å²) >= 11 is 0. The molecule has 0 fully saturated rings. The van der Waals surface area contributed by atoms with E-state index in [0.29, 0.717) is 5.92 Å². The van der Waals surface area contributed by atoms with Gasteiger partial charge in [-0.2, -0.15) is 5.10 Å². The van der Waals surface area contributed by atoms with E-state index in [2.05, 4.69) is 29.0 Å². The van der Waals surface area contributed by atoms with Gasteiger partial charge >= 0.3 is 0 Å². The first-order chi connectivity index (χ1) is 4.68. The largest absolute Gasteiger partial charge is 0.263 e. The minimum absolute atomic E-state index is 0.646. The van der Waals surface area contributed by atoms with E-state index in [-0.39, 0.29) is 0 Å². The molecule has 0 spiro atoms. The molecule has 0 radical (unpaired) electrons. The highest BCUT2D eigenvalue weighted by Gasteiger charge is 2.00. The summed E-state index contributed by atoms with van der Waals surface area (Å²) in [4.78, 5) is 4.18. The first kappa shape index (κ1) is 7.25. The smallest absolute Gasteiger partial charge is 0.147 e. The van der Waals surface area contributed by atoms with Gasteiger partial charge in [0.05, 0.1) is 0 Å². The third-order valence-corrected chi connectivity index (χ3v) is 1.25. The molecule has 0 atom stereocenters. The lowest BCUT2D eigenvalue weighted by molar-refractivity contribution is 0.622. The SMILES string of the molecule is Cc1n[nH]c(CC(C)C)n1. The van der Waals surface area contributed by atoms with Gasteiger partial charge in [-0.3, -0.25) is 5.10 Å². The topological polar surface area (TPSA) is 41.6 Å². The van der Waals surface area contributed by atoms with E-state index in [1.54, 1.807) is 0 Å². The van der Waals surface area contributed by atoms with E-state index in [0.717, 1.165) is 18.1 Å². The molecule has 56 valence electrons. The molecule has 0 bridgehead atoms. The predicted octanol–water partition coefficient (Wildman–Crippen LogP) is 1.31. The molecule has 0 unspecified atom stereocenters. The number of hydrogen-bond donors (Lipinski definition) is 1. The zero-order chi connectivity index (χ0) is 7.56. The molecule has 1 N–H and O–H groups in total. The Bertz CT molecular complexity index is 202. The highest BCUT2D eigenvalue weighted by molar-refractivity contribution is 4.87. The van der Waals surface area contributed by atoms with E-state index >= 15 is 0 Å². The molecular formula is C7H13N3. The van der Waals surface area contributed by atoms with Crippen LogP contribution in [0.25, 0.3) is 0 Å². The van der Waals surface area contributed by atoms with Crippen LogP contribution in [-0.2, 0) is 6.42 Å². The summed E-state index contributed by atoms with van der Waals surface area (Å²) in [6.07, 6.45) is 0.987. The maximum atomic E-state index is 4.18. The van der Waals surface area contributed by atoms with E-state index in [4.69, 9.17) is 0 Å². The Labute approximate surface area is 60.9 Å². The van der Waals surface area contributed by atoms with Gasteiger partial charge in [0, 0.05) is 6.42 Å². The molecule has 1 aromatic heterocycles. The average molecular weight is 139 g/mol. The Morgan fingerprint density at radius 1 is 1.50 bits per heavy atom. The second kappa shape index (κ2) is 2.82. The number of nitrogens with zero attached hydrogens (tertiary/aromatic N) is 2. The van der Waals surface area contributed by atoms with Crippen LogP contribution in [0.4, 0.5) is 0 Å². The average Bonchev–Trinajstić information content (AvgIpc) is 2.13. The van der Waals surface area contributed by atoms with Crippen LogP contribution in [-0.4, -0.2) is 15.2 Å². The maximum Gasteiger partial charge on any atom is 0.147 e. The summed E-state index contributed by atoms with van der Waals surface area (Å²) in [5.41, 5.74) is 0. The highest BCUT2D eigenvalue weighted by Crippen LogP contribution is 2.01. The molecule has 0 aromatic carbocycles. The quantitative estimate of drug-likeness (QED) is 0.671. The first-order valence-corrected chi connectivity index (χ1v) is 3.56. The summed E-state index contributed by atoms with van der Waals surface area (Å²) in [5, 5.41) is 6.81. The van der Waals surface area contributed by atoms with E-state index in [1.165, 1.54) is 0 Å². The highest BCUT2D eigenvalue weighted by atomic mass is 15.2. The molecule has 0 saturated carbocycles. The number of rotatable bonds is 2. The van der Waals surface area contributed by atoms with Crippen LogP contribution >= 0.6 is 0 Å². The molecule has 10 heavy (non-hydrogen) atoms. The number of H-pyrrole nitrogens is 1. The van der Waals surface area contributed by atoms with Crippen molar-refractivity contribution in [2.45, 2.75) is 27.2 Å². The van der Waals surface area contributed by atoms with Crippen molar-refractivity contribution < 1.29 is 0 Å². The summed E-state index contributed by atoms with van der Waals surface area (Å²) < 4.78 is 0. The molecule has 0 aliphatic carbocycles. The lowest BCUT2D eigenvalue weighted by atomic mass is 10.1. The van der Waals surface area contributed by atoms with Gasteiger partial charge in [0.15, 0.2) is 0 Å². The van der Waals surface area contributed by atoms with Gasteiger partial charge in [0.2, 0.25) is 0 Å². The van der Waals surface area contributed by atoms with Crippen molar-refractivity contribution in [3.05, 3.63) is 11.6 Å². The summed E-state index contributed by atoms with van der Waals surface area (Å²) in [6.45, 7) is 6.22. The van der Waals surface area contributed by atoms with Gasteiger partial charge < -0.3 is 0 Å². The summed E-state index contributed by atoms with van der Waals surface area (Å²) in [6, 6.07) is 0. The molecule has 0 aliphatic heterocycles. The molecule has 1 heterocycles. The summed E-state index contributed by atoms with van der Waals surface area (Å²) in [7, 11) is 0. The lowest BCUT2D eigenvalue weighted by Crippen LogP contribution is -1.95. The number of nitrogens with one attached hydrogen (secondary N) is 1. The monoisotopic (exact) mass is 139 g/mol. The Morgan fingerprint density at radius 3 is 2.60 bits per heavy atom. The van der Waals surface area contributed by atoms with Crippen molar-refractivity contribution in [2.24, 2.45) is 5.92 Å². The number of aryl methyl sites for hydroxylation is 1. The normalized spacial score (nSPS) is 10.8. The zero-order valence-corrected chi connectivity index (χ0v) is 6.68. The number of aromatic nitrogens is 3. The van der Waals surface area contributed by atoms with E-state index in [1.807, 2.05) is 6.92 Å². The van der Waals surface area contributed by atoms with Gasteiger partial charge in [0.25, 0.3) is 0 Å². The van der Waals surface area contributed by atoms with Crippen molar-refractivity contribution in [3.8, 4) is 0 Å². The molecule has 0 aliphatic rings. The zero-order valence-electron chi connectivity index (χ0n) is 6.68. The van der Waals surface area contributed by atoms with Crippen molar-refractivity contribution in [3.63, 3.8) is 0 Å². The fraction of sp³-hybridized carbons (Fsp3) is 0.714. The van der Waals surface area contributed by atoms with Crippen LogP contribution in [0.2, 0.25) is 0 Å². The van der Waals surface area contributed by atoms with Gasteiger partial charge in [-0.1, -0.05) is 13.8 Å². The Balaban J connectivity index is 2.58. The third kappa shape index (κ3) is 1.83. The van der Waals surface area contributed by atoms with Crippen LogP contribution in [0, 0.1) is 12.8 Å². The van der Waals surface area contributed by atoms with Gasteiger partial charge in [-0.05, 0) is 12.8 Å². The predicted molar refractivity (Wildman–Crippen MR) is 39.7 cm³/mol. The van der Waals surface area contributed by atoms with Crippen molar-refractivity contribution in [2.75, 3.05) is 0 Å². The molecule has 0 saturated heterocycles. The molecule has 3 nitrogen and oxygen atoms in total. The van der Waals surface area contributed by atoms with Crippen molar-refractivity contribution in [1.29, 1.82) is 0 Å². The molecule has 1 aromatic rings. The van der Waals surface area contributed by atoms with E-state index < -0.39 is 0 Å². The van der Waals surface area contributed by atoms with Gasteiger partial charge in [0.1, 0.15) is 11.6 Å². The molecule has 1 rings (SSSR count). The number of hydrogen-bond acceptors (Lipinski definition) is 2. The molecular weight excluding hydrogens is 126 g/mol. The van der Waals surface area contributed by atoms with Crippen LogP contribution in [0.3, 0.4) is 0 Å². The van der Waals surface area contributed by atoms with Crippen LogP contribution in [0.15, 0.2) is 0 Å². The fourth-order valence-electron chi connectivity index (χ4n) is 0.869.